The van der Waals surface area contributed by atoms with Crippen LogP contribution in [0, 0.1) is 0 Å². The maximum absolute atomic E-state index is 11.3. The molecule has 5 heteroatoms. The van der Waals surface area contributed by atoms with E-state index in [0.717, 1.165) is 0 Å². The first-order chi connectivity index (χ1) is 8.17. The fourth-order valence-corrected chi connectivity index (χ4v) is 1.52. The molecule has 0 aliphatic carbocycles. The van der Waals surface area contributed by atoms with Crippen molar-refractivity contribution in [2.45, 2.75) is 6.42 Å². The molecule has 92 valence electrons. The summed E-state index contributed by atoms with van der Waals surface area (Å²) >= 11 is 0. The number of esters is 1. The van der Waals surface area contributed by atoms with Crippen molar-refractivity contribution < 1.29 is 23.8 Å². The van der Waals surface area contributed by atoms with Crippen LogP contribution in [0.3, 0.4) is 0 Å². The zero-order valence-corrected chi connectivity index (χ0v) is 9.98. The summed E-state index contributed by atoms with van der Waals surface area (Å²) in [6, 6.07) is 3.19. The van der Waals surface area contributed by atoms with E-state index < -0.39 is 5.97 Å². The van der Waals surface area contributed by atoms with Crippen molar-refractivity contribution in [1.82, 2.24) is 0 Å². The van der Waals surface area contributed by atoms with Gasteiger partial charge in [-0.1, -0.05) is 0 Å². The molecule has 0 atom stereocenters. The van der Waals surface area contributed by atoms with E-state index in [1.165, 1.54) is 21.3 Å². The van der Waals surface area contributed by atoms with Gasteiger partial charge < -0.3 is 14.2 Å². The first-order valence-corrected chi connectivity index (χ1v) is 4.93. The smallest absolute Gasteiger partial charge is 0.310 e. The number of rotatable bonds is 5. The predicted octanol–water partition coefficient (Wildman–Crippen LogP) is 1.23. The fraction of sp³-hybridized carbons (Fsp3) is 0.333. The highest BCUT2D eigenvalue weighted by molar-refractivity contribution is 5.84. The Bertz CT molecular complexity index is 425. The van der Waals surface area contributed by atoms with Crippen molar-refractivity contribution >= 4 is 12.3 Å². The molecule has 1 rings (SSSR count). The van der Waals surface area contributed by atoms with Crippen molar-refractivity contribution in [1.29, 1.82) is 0 Å². The summed E-state index contributed by atoms with van der Waals surface area (Å²) in [5, 5.41) is 0. The molecule has 0 N–H and O–H groups in total. The topological polar surface area (TPSA) is 61.8 Å². The van der Waals surface area contributed by atoms with E-state index in [-0.39, 0.29) is 6.42 Å². The Labute approximate surface area is 99.3 Å². The van der Waals surface area contributed by atoms with Crippen molar-refractivity contribution in [3.05, 3.63) is 23.3 Å². The molecular weight excluding hydrogens is 224 g/mol. The molecule has 0 heterocycles. The third-order valence-corrected chi connectivity index (χ3v) is 2.36. The molecule has 0 saturated heterocycles. The van der Waals surface area contributed by atoms with Crippen LogP contribution < -0.4 is 9.47 Å². The molecular formula is C12H14O5. The van der Waals surface area contributed by atoms with Gasteiger partial charge in [0.2, 0.25) is 0 Å². The number of methoxy groups -OCH3 is 3. The summed E-state index contributed by atoms with van der Waals surface area (Å²) < 4.78 is 14.8. The number of hydrogen-bond donors (Lipinski definition) is 0. The Morgan fingerprint density at radius 2 is 1.94 bits per heavy atom. The zero-order chi connectivity index (χ0) is 12.8. The number of aldehydes is 1. The van der Waals surface area contributed by atoms with Crippen LogP contribution in [-0.2, 0) is 16.0 Å². The maximum atomic E-state index is 11.3. The minimum absolute atomic E-state index is 0.0368. The average molecular weight is 238 g/mol. The van der Waals surface area contributed by atoms with Gasteiger partial charge in [0.05, 0.1) is 27.8 Å². The lowest BCUT2D eigenvalue weighted by atomic mass is 10.0. The molecule has 0 spiro atoms. The van der Waals surface area contributed by atoms with E-state index in [1.54, 1.807) is 12.1 Å². The van der Waals surface area contributed by atoms with Crippen molar-refractivity contribution in [2.24, 2.45) is 0 Å². The molecule has 5 nitrogen and oxygen atoms in total. The lowest BCUT2D eigenvalue weighted by molar-refractivity contribution is -0.139. The van der Waals surface area contributed by atoms with Crippen molar-refractivity contribution in [3.63, 3.8) is 0 Å². The molecule has 0 aliphatic rings. The Balaban J connectivity index is 3.29. The molecule has 0 saturated carbocycles. The second-order valence-corrected chi connectivity index (χ2v) is 3.24. The van der Waals surface area contributed by atoms with Crippen LogP contribution in [0.15, 0.2) is 12.1 Å². The van der Waals surface area contributed by atoms with Crippen LogP contribution in [0.2, 0.25) is 0 Å². The van der Waals surface area contributed by atoms with E-state index in [9.17, 15) is 9.59 Å². The number of hydrogen-bond acceptors (Lipinski definition) is 5. The first kappa shape index (κ1) is 13.0. The lowest BCUT2D eigenvalue weighted by Crippen LogP contribution is -2.09. The van der Waals surface area contributed by atoms with Gasteiger partial charge in [-0.3, -0.25) is 9.59 Å². The molecule has 0 aliphatic heterocycles. The molecule has 17 heavy (non-hydrogen) atoms. The van der Waals surface area contributed by atoms with Crippen LogP contribution in [-0.4, -0.2) is 33.6 Å². The van der Waals surface area contributed by atoms with E-state index in [4.69, 9.17) is 9.47 Å². The van der Waals surface area contributed by atoms with Gasteiger partial charge in [-0.25, -0.2) is 0 Å². The zero-order valence-electron chi connectivity index (χ0n) is 9.98. The van der Waals surface area contributed by atoms with Crippen LogP contribution in [0.25, 0.3) is 0 Å². The molecule has 0 aromatic heterocycles. The lowest BCUT2D eigenvalue weighted by Gasteiger charge is -2.13. The van der Waals surface area contributed by atoms with Crippen LogP contribution >= 0.6 is 0 Å². The van der Waals surface area contributed by atoms with Gasteiger partial charge in [0.15, 0.2) is 11.5 Å². The average Bonchev–Trinajstić information content (AvgIpc) is 2.37. The van der Waals surface area contributed by atoms with Gasteiger partial charge in [0, 0.05) is 11.1 Å². The Morgan fingerprint density at radius 3 is 2.41 bits per heavy atom. The maximum Gasteiger partial charge on any atom is 0.310 e. The molecule has 0 unspecified atom stereocenters. The second kappa shape index (κ2) is 5.89. The monoisotopic (exact) mass is 238 g/mol. The molecule has 0 radical (unpaired) electrons. The van der Waals surface area contributed by atoms with Crippen molar-refractivity contribution in [3.8, 4) is 11.5 Å². The normalized spacial score (nSPS) is 9.59. The Morgan fingerprint density at radius 1 is 1.24 bits per heavy atom. The number of benzene rings is 1. The van der Waals surface area contributed by atoms with Gasteiger partial charge in [-0.2, -0.15) is 0 Å². The minimum atomic E-state index is -0.445. The minimum Gasteiger partial charge on any atom is -0.493 e. The number of ether oxygens (including phenoxy) is 3. The predicted molar refractivity (Wildman–Crippen MR) is 60.7 cm³/mol. The van der Waals surface area contributed by atoms with Gasteiger partial charge in [-0.05, 0) is 12.1 Å². The standard InChI is InChI=1S/C12H14O5/c1-15-10-5-4-8(7-13)9(12(10)17-3)6-11(14)16-2/h4-5,7H,6H2,1-3H3. The summed E-state index contributed by atoms with van der Waals surface area (Å²) in [5.74, 6) is 0.402. The molecule has 0 amide bonds. The highest BCUT2D eigenvalue weighted by Gasteiger charge is 2.17. The third-order valence-electron chi connectivity index (χ3n) is 2.36. The summed E-state index contributed by atoms with van der Waals surface area (Å²) in [6.45, 7) is 0. The van der Waals surface area contributed by atoms with E-state index in [1.807, 2.05) is 0 Å². The quantitative estimate of drug-likeness (QED) is 0.570. The Kier molecular flexibility index (Phi) is 4.51. The van der Waals surface area contributed by atoms with Crippen LogP contribution in [0.4, 0.5) is 0 Å². The highest BCUT2D eigenvalue weighted by Crippen LogP contribution is 2.33. The van der Waals surface area contributed by atoms with E-state index in [0.29, 0.717) is 28.9 Å². The summed E-state index contributed by atoms with van der Waals surface area (Å²) in [4.78, 5) is 22.2. The highest BCUT2D eigenvalue weighted by atomic mass is 16.5. The molecule has 1 aromatic carbocycles. The number of carbonyl (C=O) groups is 2. The SMILES string of the molecule is COC(=O)Cc1c(C=O)ccc(OC)c1OC. The van der Waals surface area contributed by atoms with Crippen molar-refractivity contribution in [2.75, 3.05) is 21.3 Å². The fourth-order valence-electron chi connectivity index (χ4n) is 1.52. The summed E-state index contributed by atoms with van der Waals surface area (Å²) in [5.41, 5.74) is 0.849. The molecule has 1 aromatic rings. The second-order valence-electron chi connectivity index (χ2n) is 3.24. The van der Waals surface area contributed by atoms with E-state index in [2.05, 4.69) is 4.74 Å². The van der Waals surface area contributed by atoms with Gasteiger partial charge in [0.25, 0.3) is 0 Å². The van der Waals surface area contributed by atoms with Crippen LogP contribution in [0.1, 0.15) is 15.9 Å². The Hall–Kier alpha value is -2.04. The van der Waals surface area contributed by atoms with Gasteiger partial charge >= 0.3 is 5.97 Å². The largest absolute Gasteiger partial charge is 0.493 e. The summed E-state index contributed by atoms with van der Waals surface area (Å²) in [7, 11) is 4.23. The van der Waals surface area contributed by atoms with Gasteiger partial charge in [0.1, 0.15) is 6.29 Å². The van der Waals surface area contributed by atoms with Gasteiger partial charge in [-0.15, -0.1) is 0 Å². The first-order valence-electron chi connectivity index (χ1n) is 4.93. The molecule has 0 bridgehead atoms. The van der Waals surface area contributed by atoms with E-state index >= 15 is 0 Å². The third kappa shape index (κ3) is 2.75. The number of carbonyl (C=O) groups excluding carboxylic acids is 2. The summed E-state index contributed by atoms with van der Waals surface area (Å²) in [6.07, 6.45) is 0.630. The molecule has 0 fully saturated rings. The van der Waals surface area contributed by atoms with Crippen LogP contribution in [0.5, 0.6) is 11.5 Å².